The molecule has 1 aliphatic rings. The molecule has 2 aromatic carbocycles. The first-order valence-corrected chi connectivity index (χ1v) is 9.29. The molecular formula is C18H17N3O2S. The molecule has 4 rings (SSSR count). The minimum Gasteiger partial charge on any atom is -0.240 e. The third-order valence-electron chi connectivity index (χ3n) is 4.21. The summed E-state index contributed by atoms with van der Waals surface area (Å²) in [5.41, 5.74) is 2.00. The Bertz CT molecular complexity index is 937. The highest BCUT2D eigenvalue weighted by Gasteiger charge is 2.41. The fraction of sp³-hybridized carbons (Fsp3) is 0.167. The topological polar surface area (TPSA) is 64.0 Å². The maximum Gasteiger partial charge on any atom is 0.243 e. The van der Waals surface area contributed by atoms with E-state index in [0.717, 1.165) is 12.1 Å². The number of nitrogens with zero attached hydrogens (tertiary/aromatic N) is 2. The van der Waals surface area contributed by atoms with Gasteiger partial charge in [-0.05, 0) is 24.1 Å². The van der Waals surface area contributed by atoms with Crippen LogP contribution in [-0.2, 0) is 10.0 Å². The highest BCUT2D eigenvalue weighted by atomic mass is 32.2. The fourth-order valence-electron chi connectivity index (χ4n) is 2.83. The van der Waals surface area contributed by atoms with Crippen LogP contribution in [0.5, 0.6) is 0 Å². The lowest BCUT2D eigenvalue weighted by Crippen LogP contribution is -2.26. The second kappa shape index (κ2) is 5.89. The summed E-state index contributed by atoms with van der Waals surface area (Å²) >= 11 is 0. The van der Waals surface area contributed by atoms with Crippen LogP contribution in [0.3, 0.4) is 0 Å². The molecule has 0 radical (unpaired) electrons. The maximum atomic E-state index is 12.5. The Kier molecular flexibility index (Phi) is 3.70. The van der Waals surface area contributed by atoms with E-state index >= 15 is 0 Å². The van der Waals surface area contributed by atoms with Gasteiger partial charge < -0.3 is 0 Å². The molecule has 1 aliphatic carbocycles. The Hall–Kier alpha value is -2.44. The van der Waals surface area contributed by atoms with E-state index in [9.17, 15) is 8.42 Å². The van der Waals surface area contributed by atoms with Crippen molar-refractivity contribution in [3.05, 3.63) is 78.6 Å². The molecule has 0 bridgehead atoms. The van der Waals surface area contributed by atoms with E-state index in [1.54, 1.807) is 4.68 Å². The van der Waals surface area contributed by atoms with Crippen LogP contribution in [-0.4, -0.2) is 24.2 Å². The van der Waals surface area contributed by atoms with E-state index in [4.69, 9.17) is 0 Å². The van der Waals surface area contributed by atoms with Crippen molar-refractivity contribution in [2.45, 2.75) is 23.3 Å². The number of hydrogen-bond donors (Lipinski definition) is 1. The number of aromatic nitrogens is 2. The predicted octanol–water partition coefficient (Wildman–Crippen LogP) is 2.71. The van der Waals surface area contributed by atoms with E-state index in [1.807, 2.05) is 60.7 Å². The zero-order valence-corrected chi connectivity index (χ0v) is 13.7. The molecule has 3 aromatic rings. The highest BCUT2D eigenvalue weighted by Crippen LogP contribution is 2.41. The van der Waals surface area contributed by atoms with Crippen molar-refractivity contribution in [1.82, 2.24) is 14.5 Å². The first-order chi connectivity index (χ1) is 11.6. The molecule has 6 heteroatoms. The first-order valence-electron chi connectivity index (χ1n) is 7.81. The summed E-state index contributed by atoms with van der Waals surface area (Å²) in [5, 5.41) is 4.16. The quantitative estimate of drug-likeness (QED) is 0.777. The normalized spacial score (nSPS) is 20.0. The second-order valence-corrected chi connectivity index (χ2v) is 7.65. The van der Waals surface area contributed by atoms with Gasteiger partial charge in [-0.3, -0.25) is 0 Å². The van der Waals surface area contributed by atoms with Gasteiger partial charge in [0.15, 0.2) is 0 Å². The number of hydrogen-bond acceptors (Lipinski definition) is 3. The molecule has 0 spiro atoms. The zero-order valence-electron chi connectivity index (χ0n) is 12.9. The minimum absolute atomic E-state index is 0.0440. The van der Waals surface area contributed by atoms with E-state index < -0.39 is 10.0 Å². The first kappa shape index (κ1) is 15.1. The van der Waals surface area contributed by atoms with Gasteiger partial charge >= 0.3 is 0 Å². The summed E-state index contributed by atoms with van der Waals surface area (Å²) in [6.45, 7) is 0. The molecule has 1 fully saturated rings. The van der Waals surface area contributed by atoms with Gasteiger partial charge in [0.05, 0.1) is 18.1 Å². The van der Waals surface area contributed by atoms with Crippen LogP contribution in [0, 0.1) is 0 Å². The number of rotatable bonds is 5. The highest BCUT2D eigenvalue weighted by molar-refractivity contribution is 7.89. The van der Waals surface area contributed by atoms with Crippen LogP contribution in [0.2, 0.25) is 0 Å². The number of nitrogens with one attached hydrogen (secondary N) is 1. The summed E-state index contributed by atoms with van der Waals surface area (Å²) in [7, 11) is -3.56. The molecule has 1 N–H and O–H groups in total. The largest absolute Gasteiger partial charge is 0.243 e. The van der Waals surface area contributed by atoms with Gasteiger partial charge in [-0.2, -0.15) is 5.10 Å². The molecule has 1 saturated carbocycles. The van der Waals surface area contributed by atoms with E-state index in [1.165, 1.54) is 18.0 Å². The molecule has 0 aliphatic heterocycles. The SMILES string of the molecule is O=S(=O)(NC1CC1c1ccccc1)c1cnn(-c2ccccc2)c1. The van der Waals surface area contributed by atoms with Crippen molar-refractivity contribution < 1.29 is 8.42 Å². The average molecular weight is 339 g/mol. The average Bonchev–Trinajstić information content (AvgIpc) is 3.17. The van der Waals surface area contributed by atoms with Crippen LogP contribution < -0.4 is 4.72 Å². The summed E-state index contributed by atoms with van der Waals surface area (Å²) in [4.78, 5) is 0.185. The van der Waals surface area contributed by atoms with E-state index in [2.05, 4.69) is 9.82 Å². The smallest absolute Gasteiger partial charge is 0.240 e. The summed E-state index contributed by atoms with van der Waals surface area (Å²) < 4.78 is 29.4. The summed E-state index contributed by atoms with van der Waals surface area (Å²) in [6, 6.07) is 19.4. The molecule has 24 heavy (non-hydrogen) atoms. The van der Waals surface area contributed by atoms with Crippen molar-refractivity contribution in [3.8, 4) is 5.69 Å². The van der Waals surface area contributed by atoms with Gasteiger partial charge in [0.1, 0.15) is 4.90 Å². The van der Waals surface area contributed by atoms with Gasteiger partial charge in [0.2, 0.25) is 10.0 Å². The molecule has 1 aromatic heterocycles. The van der Waals surface area contributed by atoms with Crippen molar-refractivity contribution >= 4 is 10.0 Å². The lowest BCUT2D eigenvalue weighted by Gasteiger charge is -2.04. The Morgan fingerprint density at radius 1 is 1.00 bits per heavy atom. The molecule has 0 saturated heterocycles. The van der Waals surface area contributed by atoms with Crippen LogP contribution >= 0.6 is 0 Å². The molecular weight excluding hydrogens is 322 g/mol. The van der Waals surface area contributed by atoms with Gasteiger partial charge in [-0.25, -0.2) is 17.8 Å². The molecule has 2 unspecified atom stereocenters. The van der Waals surface area contributed by atoms with E-state index in [-0.39, 0.29) is 16.9 Å². The third kappa shape index (κ3) is 2.98. The van der Waals surface area contributed by atoms with Crippen LogP contribution in [0.1, 0.15) is 17.9 Å². The van der Waals surface area contributed by atoms with E-state index in [0.29, 0.717) is 0 Å². The fourth-order valence-corrected chi connectivity index (χ4v) is 4.05. The molecule has 1 heterocycles. The molecule has 0 amide bonds. The Morgan fingerprint density at radius 2 is 1.67 bits per heavy atom. The lowest BCUT2D eigenvalue weighted by atomic mass is 10.1. The van der Waals surface area contributed by atoms with Gasteiger partial charge in [-0.15, -0.1) is 0 Å². The van der Waals surface area contributed by atoms with Crippen LogP contribution in [0.15, 0.2) is 78.0 Å². The maximum absolute atomic E-state index is 12.5. The van der Waals surface area contributed by atoms with Gasteiger partial charge in [0.25, 0.3) is 0 Å². The molecule has 2 atom stereocenters. The summed E-state index contributed by atoms with van der Waals surface area (Å²) in [6.07, 6.45) is 3.75. The van der Waals surface area contributed by atoms with Crippen molar-refractivity contribution in [3.63, 3.8) is 0 Å². The standard InChI is InChI=1S/C18H17N3O2S/c22-24(23,20-18-11-17(18)14-7-3-1-4-8-14)16-12-19-21(13-16)15-9-5-2-6-10-15/h1-10,12-13,17-18,20H,11H2. The number of benzene rings is 2. The monoisotopic (exact) mass is 339 g/mol. The predicted molar refractivity (Wildman–Crippen MR) is 91.5 cm³/mol. The Labute approximate surface area is 141 Å². The number of sulfonamides is 1. The van der Waals surface area contributed by atoms with Gasteiger partial charge in [-0.1, -0.05) is 48.5 Å². The third-order valence-corrected chi connectivity index (χ3v) is 5.66. The van der Waals surface area contributed by atoms with Crippen molar-refractivity contribution in [2.75, 3.05) is 0 Å². The molecule has 5 nitrogen and oxygen atoms in total. The second-order valence-electron chi connectivity index (χ2n) is 5.94. The lowest BCUT2D eigenvalue weighted by molar-refractivity contribution is 0.580. The van der Waals surface area contributed by atoms with Crippen molar-refractivity contribution in [1.29, 1.82) is 0 Å². The summed E-state index contributed by atoms with van der Waals surface area (Å²) in [5.74, 6) is 0.255. The molecule has 122 valence electrons. The Balaban J connectivity index is 1.49. The van der Waals surface area contributed by atoms with Crippen LogP contribution in [0.25, 0.3) is 5.69 Å². The minimum atomic E-state index is -3.56. The van der Waals surface area contributed by atoms with Gasteiger partial charge in [0, 0.05) is 12.0 Å². The Morgan fingerprint density at radius 3 is 2.38 bits per heavy atom. The number of para-hydroxylation sites is 1. The van der Waals surface area contributed by atoms with Crippen LogP contribution in [0.4, 0.5) is 0 Å². The van der Waals surface area contributed by atoms with Crippen molar-refractivity contribution in [2.24, 2.45) is 0 Å². The zero-order chi connectivity index (χ0) is 16.6.